The van der Waals surface area contributed by atoms with Crippen molar-refractivity contribution in [1.29, 1.82) is 0 Å². The van der Waals surface area contributed by atoms with Gasteiger partial charge < -0.3 is 9.52 Å². The smallest absolute Gasteiger partial charge is 0.143 e. The number of rotatable bonds is 1. The van der Waals surface area contributed by atoms with Gasteiger partial charge in [0.2, 0.25) is 0 Å². The van der Waals surface area contributed by atoms with Crippen molar-refractivity contribution in [2.75, 3.05) is 0 Å². The predicted octanol–water partition coefficient (Wildman–Crippen LogP) is 1.87. The molecule has 1 unspecified atom stereocenters. The van der Waals surface area contributed by atoms with Gasteiger partial charge in [-0.1, -0.05) is 5.92 Å². The zero-order valence-electron chi connectivity index (χ0n) is 7.51. The Morgan fingerprint density at radius 3 is 2.25 bits per heavy atom. The topological polar surface area (TPSA) is 33.4 Å². The highest BCUT2D eigenvalue weighted by Crippen LogP contribution is 2.26. The average molecular weight is 164 g/mol. The van der Waals surface area contributed by atoms with Crippen molar-refractivity contribution in [1.82, 2.24) is 0 Å². The van der Waals surface area contributed by atoms with Crippen LogP contribution in [-0.4, -0.2) is 5.11 Å². The zero-order valence-corrected chi connectivity index (χ0v) is 7.51. The van der Waals surface area contributed by atoms with E-state index in [0.29, 0.717) is 5.76 Å². The average Bonchev–Trinajstić information content (AvgIpc) is 2.26. The summed E-state index contributed by atoms with van der Waals surface area (Å²) in [5, 5.41) is 9.41. The van der Waals surface area contributed by atoms with Crippen molar-refractivity contribution in [3.05, 3.63) is 22.6 Å². The molecule has 1 rings (SSSR count). The molecule has 0 spiro atoms. The molecule has 0 saturated heterocycles. The first-order valence-corrected chi connectivity index (χ1v) is 3.78. The van der Waals surface area contributed by atoms with Crippen LogP contribution in [0.2, 0.25) is 0 Å². The molecule has 2 nitrogen and oxygen atoms in total. The van der Waals surface area contributed by atoms with Gasteiger partial charge >= 0.3 is 0 Å². The summed E-state index contributed by atoms with van der Waals surface area (Å²) in [6, 6.07) is 0. The van der Waals surface area contributed by atoms with Crippen LogP contribution >= 0.6 is 0 Å². The van der Waals surface area contributed by atoms with E-state index in [9.17, 15) is 5.11 Å². The van der Waals surface area contributed by atoms with Crippen molar-refractivity contribution < 1.29 is 9.52 Å². The minimum Gasteiger partial charge on any atom is -0.466 e. The molecule has 2 heteroatoms. The molecule has 1 N–H and O–H groups in total. The fourth-order valence-corrected chi connectivity index (χ4v) is 1.30. The summed E-state index contributed by atoms with van der Waals surface area (Å²) in [6.45, 7) is 5.55. The number of hydrogen-bond donors (Lipinski definition) is 1. The van der Waals surface area contributed by atoms with E-state index in [0.717, 1.165) is 16.9 Å². The highest BCUT2D eigenvalue weighted by molar-refractivity contribution is 5.36. The molecule has 0 fully saturated rings. The molecule has 0 aromatic carbocycles. The fraction of sp³-hybridized carbons (Fsp3) is 0.400. The van der Waals surface area contributed by atoms with Crippen molar-refractivity contribution in [3.63, 3.8) is 0 Å². The highest BCUT2D eigenvalue weighted by Gasteiger charge is 2.16. The van der Waals surface area contributed by atoms with Crippen LogP contribution in [0.3, 0.4) is 0 Å². The van der Waals surface area contributed by atoms with Gasteiger partial charge in [0.15, 0.2) is 0 Å². The van der Waals surface area contributed by atoms with E-state index in [1.807, 2.05) is 13.8 Å². The minimum absolute atomic E-state index is 0.704. The second-order valence-corrected chi connectivity index (χ2v) is 2.82. The second kappa shape index (κ2) is 3.04. The molecule has 0 bridgehead atoms. The Hall–Kier alpha value is -1.20. The molecule has 1 heterocycles. The maximum absolute atomic E-state index is 9.41. The molecule has 0 aliphatic rings. The Morgan fingerprint density at radius 2 is 1.92 bits per heavy atom. The number of aliphatic hydroxyl groups excluding tert-OH is 1. The van der Waals surface area contributed by atoms with Crippen molar-refractivity contribution in [3.8, 4) is 12.3 Å². The van der Waals surface area contributed by atoms with Gasteiger partial charge in [-0.3, -0.25) is 0 Å². The Kier molecular flexibility index (Phi) is 2.25. The normalized spacial score (nSPS) is 12.6. The quantitative estimate of drug-likeness (QED) is 0.643. The predicted molar refractivity (Wildman–Crippen MR) is 46.7 cm³/mol. The third kappa shape index (κ3) is 1.24. The number of aryl methyl sites for hydroxylation is 2. The first kappa shape index (κ1) is 8.89. The first-order chi connectivity index (χ1) is 5.57. The summed E-state index contributed by atoms with van der Waals surface area (Å²) in [4.78, 5) is 0. The molecule has 0 aliphatic heterocycles. The van der Waals surface area contributed by atoms with Crippen LogP contribution in [-0.2, 0) is 0 Å². The van der Waals surface area contributed by atoms with Crippen molar-refractivity contribution in [2.45, 2.75) is 26.9 Å². The molecule has 64 valence electrons. The fourth-order valence-electron chi connectivity index (χ4n) is 1.30. The van der Waals surface area contributed by atoms with Crippen LogP contribution in [0.4, 0.5) is 0 Å². The van der Waals surface area contributed by atoms with E-state index in [4.69, 9.17) is 10.8 Å². The van der Waals surface area contributed by atoms with Crippen LogP contribution in [0, 0.1) is 33.1 Å². The Morgan fingerprint density at radius 1 is 1.33 bits per heavy atom. The summed E-state index contributed by atoms with van der Waals surface area (Å²) >= 11 is 0. The molecule has 0 aliphatic carbocycles. The highest BCUT2D eigenvalue weighted by atomic mass is 16.3. The van der Waals surface area contributed by atoms with Gasteiger partial charge in [0, 0.05) is 5.56 Å². The molecule has 0 amide bonds. The molecule has 0 saturated carbocycles. The summed E-state index contributed by atoms with van der Waals surface area (Å²) in [7, 11) is 0. The van der Waals surface area contributed by atoms with Gasteiger partial charge in [-0.15, -0.1) is 6.42 Å². The maximum Gasteiger partial charge on any atom is 0.143 e. The van der Waals surface area contributed by atoms with Crippen LogP contribution in [0.25, 0.3) is 0 Å². The van der Waals surface area contributed by atoms with Gasteiger partial charge in [0.05, 0.1) is 0 Å². The van der Waals surface area contributed by atoms with Gasteiger partial charge in [-0.2, -0.15) is 0 Å². The van der Waals surface area contributed by atoms with Crippen LogP contribution < -0.4 is 0 Å². The maximum atomic E-state index is 9.41. The third-order valence-electron chi connectivity index (χ3n) is 2.05. The van der Waals surface area contributed by atoms with Crippen molar-refractivity contribution in [2.24, 2.45) is 0 Å². The Bertz CT molecular complexity index is 328. The van der Waals surface area contributed by atoms with E-state index >= 15 is 0 Å². The van der Waals surface area contributed by atoms with Crippen LogP contribution in [0.5, 0.6) is 0 Å². The van der Waals surface area contributed by atoms with E-state index in [1.165, 1.54) is 0 Å². The lowest BCUT2D eigenvalue weighted by molar-refractivity contribution is 0.235. The minimum atomic E-state index is -0.845. The lowest BCUT2D eigenvalue weighted by atomic mass is 10.1. The molecule has 1 atom stereocenters. The summed E-state index contributed by atoms with van der Waals surface area (Å²) in [6.07, 6.45) is 4.26. The molecule has 0 radical (unpaired) electrons. The molecular weight excluding hydrogens is 152 g/mol. The van der Waals surface area contributed by atoms with Crippen LogP contribution in [0.1, 0.15) is 28.8 Å². The summed E-state index contributed by atoms with van der Waals surface area (Å²) in [5.41, 5.74) is 1.67. The standard InChI is InChI=1S/C10H12O2/c1-5-9(11)10-6(2)7(3)12-8(10)4/h1,9,11H,2-4H3. The molecular formula is C10H12O2. The van der Waals surface area contributed by atoms with Gasteiger partial charge in [-0.25, -0.2) is 0 Å². The van der Waals surface area contributed by atoms with Gasteiger partial charge in [-0.05, 0) is 26.3 Å². The number of aliphatic hydroxyl groups is 1. The van der Waals surface area contributed by atoms with Gasteiger partial charge in [0.25, 0.3) is 0 Å². The van der Waals surface area contributed by atoms with Crippen molar-refractivity contribution >= 4 is 0 Å². The number of terminal acetylenes is 1. The summed E-state index contributed by atoms with van der Waals surface area (Å²) in [5.74, 6) is 3.79. The number of hydrogen-bond acceptors (Lipinski definition) is 2. The van der Waals surface area contributed by atoms with E-state index in [2.05, 4.69) is 5.92 Å². The monoisotopic (exact) mass is 164 g/mol. The number of furan rings is 1. The largest absolute Gasteiger partial charge is 0.466 e. The zero-order chi connectivity index (χ0) is 9.30. The van der Waals surface area contributed by atoms with E-state index < -0.39 is 6.10 Å². The summed E-state index contributed by atoms with van der Waals surface area (Å²) < 4.78 is 5.31. The molecule has 1 aromatic rings. The lowest BCUT2D eigenvalue weighted by Crippen LogP contribution is -1.95. The van der Waals surface area contributed by atoms with E-state index in [-0.39, 0.29) is 0 Å². The SMILES string of the molecule is C#CC(O)c1c(C)oc(C)c1C. The van der Waals surface area contributed by atoms with E-state index in [1.54, 1.807) is 6.92 Å². The molecule has 1 aromatic heterocycles. The lowest BCUT2D eigenvalue weighted by Gasteiger charge is -2.01. The first-order valence-electron chi connectivity index (χ1n) is 3.78. The third-order valence-corrected chi connectivity index (χ3v) is 2.05. The van der Waals surface area contributed by atoms with Gasteiger partial charge in [0.1, 0.15) is 17.6 Å². The Balaban J connectivity index is 3.24. The van der Waals surface area contributed by atoms with Crippen LogP contribution in [0.15, 0.2) is 4.42 Å². The Labute approximate surface area is 72.2 Å². The second-order valence-electron chi connectivity index (χ2n) is 2.82. The molecule has 12 heavy (non-hydrogen) atoms.